The average molecular weight is 539 g/mol. The second-order valence-corrected chi connectivity index (χ2v) is 12.1. The summed E-state index contributed by atoms with van der Waals surface area (Å²) in [7, 11) is 1.35. The summed E-state index contributed by atoms with van der Waals surface area (Å²) < 4.78 is 28.8. The van der Waals surface area contributed by atoms with E-state index in [9.17, 15) is 29.4 Å². The minimum Gasteiger partial charge on any atom is -0.462 e. The molecule has 0 spiro atoms. The molecule has 0 saturated heterocycles. The van der Waals surface area contributed by atoms with Gasteiger partial charge in [-0.1, -0.05) is 20.8 Å². The molecule has 0 radical (unpaired) electrons. The molecule has 212 valence electrons. The predicted octanol–water partition coefficient (Wildman–Crippen LogP) is 1.57. The molecule has 11 heteroatoms. The number of carbonyl (C=O) groups is 4. The maximum atomic E-state index is 12.9. The minimum atomic E-state index is -1.93. The van der Waals surface area contributed by atoms with Gasteiger partial charge < -0.3 is 33.9 Å². The molecule has 1 aliphatic heterocycles. The summed E-state index contributed by atoms with van der Waals surface area (Å²) in [5.41, 5.74) is -6.03. The molecule has 4 rings (SSSR count). The zero-order valence-corrected chi connectivity index (χ0v) is 23.2. The third-order valence-corrected chi connectivity index (χ3v) is 9.68. The van der Waals surface area contributed by atoms with Gasteiger partial charge in [-0.3, -0.25) is 14.4 Å². The highest BCUT2D eigenvalue weighted by Crippen LogP contribution is 2.70. The van der Waals surface area contributed by atoms with Crippen molar-refractivity contribution in [3.8, 4) is 0 Å². The number of esters is 4. The first kappa shape index (κ1) is 28.5. The summed E-state index contributed by atoms with van der Waals surface area (Å²) in [5.74, 6) is -6.23. The van der Waals surface area contributed by atoms with E-state index in [0.29, 0.717) is 12.8 Å². The standard InChI is InChI=1S/C27H38O11/c1-13(28)35-18-9-10-23(4,5)27(33)22(37-15(3)30)21(36-14(2)29)20-16(24(18,27)6)12-26(34-8)17(25(20,7)32)11-19(31)38-26/h11,16,18,20-22,32-33H,9-10,12H2,1-8H3/t16-,18-,20-,21+,22-,24-,25+,26+,27+/m0/s1. The lowest BCUT2D eigenvalue weighted by atomic mass is 9.38. The Morgan fingerprint density at radius 2 is 1.55 bits per heavy atom. The van der Waals surface area contributed by atoms with Crippen molar-refractivity contribution in [1.29, 1.82) is 0 Å². The molecule has 0 unspecified atom stereocenters. The van der Waals surface area contributed by atoms with E-state index in [1.807, 2.05) is 13.8 Å². The summed E-state index contributed by atoms with van der Waals surface area (Å²) in [4.78, 5) is 49.7. The predicted molar refractivity (Wildman–Crippen MR) is 129 cm³/mol. The van der Waals surface area contributed by atoms with E-state index in [4.69, 9.17) is 23.7 Å². The maximum absolute atomic E-state index is 12.9. The molecule has 0 amide bonds. The molecule has 3 saturated carbocycles. The molecule has 0 bridgehead atoms. The largest absolute Gasteiger partial charge is 0.462 e. The van der Waals surface area contributed by atoms with Gasteiger partial charge in [0.05, 0.1) is 5.60 Å². The quantitative estimate of drug-likeness (QED) is 0.396. The summed E-state index contributed by atoms with van der Waals surface area (Å²) in [6, 6.07) is 0. The number of methoxy groups -OCH3 is 1. The Morgan fingerprint density at radius 1 is 0.974 bits per heavy atom. The van der Waals surface area contributed by atoms with E-state index < -0.39 is 81.8 Å². The van der Waals surface area contributed by atoms with Gasteiger partial charge in [-0.15, -0.1) is 0 Å². The zero-order valence-electron chi connectivity index (χ0n) is 23.2. The molecular weight excluding hydrogens is 500 g/mol. The van der Waals surface area contributed by atoms with Crippen LogP contribution in [0.15, 0.2) is 11.6 Å². The Balaban J connectivity index is 2.08. The summed E-state index contributed by atoms with van der Waals surface area (Å²) in [6.07, 6.45) is -1.79. The van der Waals surface area contributed by atoms with Crippen LogP contribution < -0.4 is 0 Å². The van der Waals surface area contributed by atoms with E-state index >= 15 is 0 Å². The van der Waals surface area contributed by atoms with Crippen LogP contribution in [0.1, 0.15) is 67.7 Å². The summed E-state index contributed by atoms with van der Waals surface area (Å²) in [5, 5.41) is 25.1. The van der Waals surface area contributed by atoms with E-state index in [-0.39, 0.29) is 12.0 Å². The Hall–Kier alpha value is -2.50. The SMILES string of the molecule is CO[C@@]12C[C@H]3[C@@H]([C@@H](OC(C)=O)[C@H](OC(C)=O)[C@@]4(O)C(C)(C)CC[C@H](OC(C)=O)[C@]34C)[C@](C)(O)C1=CC(=O)O2. The first-order valence-corrected chi connectivity index (χ1v) is 12.9. The molecule has 4 aliphatic rings. The molecule has 0 aromatic rings. The number of hydrogen-bond acceptors (Lipinski definition) is 11. The van der Waals surface area contributed by atoms with Crippen LogP contribution in [0.4, 0.5) is 0 Å². The minimum absolute atomic E-state index is 0.0426. The zero-order chi connectivity index (χ0) is 28.6. The van der Waals surface area contributed by atoms with Crippen LogP contribution in [-0.4, -0.2) is 76.5 Å². The Labute approximate surface area is 221 Å². The van der Waals surface area contributed by atoms with E-state index in [2.05, 4.69) is 0 Å². The van der Waals surface area contributed by atoms with Crippen molar-refractivity contribution >= 4 is 23.9 Å². The molecule has 0 aromatic carbocycles. The normalized spacial score (nSPS) is 44.9. The van der Waals surface area contributed by atoms with Crippen LogP contribution in [0.5, 0.6) is 0 Å². The maximum Gasteiger partial charge on any atom is 0.333 e. The molecular formula is C27H38O11. The van der Waals surface area contributed by atoms with Gasteiger partial charge in [-0.05, 0) is 31.1 Å². The molecule has 38 heavy (non-hydrogen) atoms. The number of hydrogen-bond donors (Lipinski definition) is 2. The fourth-order valence-electron chi connectivity index (χ4n) is 8.15. The topological polar surface area (TPSA) is 155 Å². The van der Waals surface area contributed by atoms with E-state index in [0.717, 1.165) is 6.08 Å². The van der Waals surface area contributed by atoms with Gasteiger partial charge in [0.25, 0.3) is 0 Å². The van der Waals surface area contributed by atoms with E-state index in [1.165, 1.54) is 34.8 Å². The summed E-state index contributed by atoms with van der Waals surface area (Å²) >= 11 is 0. The Bertz CT molecular complexity index is 1090. The first-order chi connectivity index (χ1) is 17.4. The highest BCUT2D eigenvalue weighted by molar-refractivity contribution is 5.87. The van der Waals surface area contributed by atoms with Crippen LogP contribution in [0, 0.1) is 22.7 Å². The lowest BCUT2D eigenvalue weighted by Gasteiger charge is -2.71. The molecule has 2 N–H and O–H groups in total. The van der Waals surface area contributed by atoms with Crippen LogP contribution in [0.2, 0.25) is 0 Å². The van der Waals surface area contributed by atoms with Crippen molar-refractivity contribution < 1.29 is 53.1 Å². The third kappa shape index (κ3) is 3.65. The monoisotopic (exact) mass is 538 g/mol. The Kier molecular flexibility index (Phi) is 6.57. The fraction of sp³-hybridized carbons (Fsp3) is 0.778. The van der Waals surface area contributed by atoms with Crippen LogP contribution >= 0.6 is 0 Å². The number of rotatable bonds is 4. The van der Waals surface area contributed by atoms with Gasteiger partial charge in [0.15, 0.2) is 6.10 Å². The average Bonchev–Trinajstić information content (AvgIpc) is 3.13. The van der Waals surface area contributed by atoms with Gasteiger partial charge in [0.1, 0.15) is 17.8 Å². The summed E-state index contributed by atoms with van der Waals surface area (Å²) in [6.45, 7) is 10.4. The van der Waals surface area contributed by atoms with E-state index in [1.54, 1.807) is 6.92 Å². The molecule has 3 fully saturated rings. The Morgan fingerprint density at radius 3 is 2.08 bits per heavy atom. The van der Waals surface area contributed by atoms with Crippen molar-refractivity contribution in [2.75, 3.05) is 7.11 Å². The van der Waals surface area contributed by atoms with Crippen molar-refractivity contribution in [3.63, 3.8) is 0 Å². The highest BCUT2D eigenvalue weighted by Gasteiger charge is 2.80. The van der Waals surface area contributed by atoms with Gasteiger partial charge in [-0.25, -0.2) is 4.79 Å². The van der Waals surface area contributed by atoms with Crippen molar-refractivity contribution in [1.82, 2.24) is 0 Å². The fourth-order valence-corrected chi connectivity index (χ4v) is 8.15. The number of aliphatic hydroxyl groups is 2. The highest BCUT2D eigenvalue weighted by atomic mass is 16.7. The van der Waals surface area contributed by atoms with Gasteiger partial charge in [0.2, 0.25) is 5.79 Å². The number of fused-ring (bicyclic) bond motifs is 4. The second kappa shape index (κ2) is 8.76. The number of carbonyl (C=O) groups excluding carboxylic acids is 4. The second-order valence-electron chi connectivity index (χ2n) is 12.1. The number of ether oxygens (including phenoxy) is 5. The molecule has 0 aromatic heterocycles. The smallest absolute Gasteiger partial charge is 0.333 e. The van der Waals surface area contributed by atoms with Crippen molar-refractivity contribution in [2.45, 2.75) is 103 Å². The van der Waals surface area contributed by atoms with Gasteiger partial charge in [-0.2, -0.15) is 0 Å². The van der Waals surface area contributed by atoms with Crippen LogP contribution in [0.25, 0.3) is 0 Å². The molecule has 11 nitrogen and oxygen atoms in total. The van der Waals surface area contributed by atoms with Crippen molar-refractivity contribution in [3.05, 3.63) is 11.6 Å². The molecule has 3 aliphatic carbocycles. The first-order valence-electron chi connectivity index (χ1n) is 12.9. The van der Waals surface area contributed by atoms with Crippen LogP contribution in [0.3, 0.4) is 0 Å². The lowest BCUT2D eigenvalue weighted by molar-refractivity contribution is -0.362. The van der Waals surface area contributed by atoms with Crippen LogP contribution in [-0.2, 0) is 42.9 Å². The van der Waals surface area contributed by atoms with Gasteiger partial charge >= 0.3 is 23.9 Å². The molecule has 1 heterocycles. The van der Waals surface area contributed by atoms with Gasteiger partial charge in [0, 0.05) is 57.3 Å². The van der Waals surface area contributed by atoms with Crippen molar-refractivity contribution in [2.24, 2.45) is 22.7 Å². The third-order valence-electron chi connectivity index (χ3n) is 9.68. The molecule has 9 atom stereocenters. The lowest BCUT2D eigenvalue weighted by Crippen LogP contribution is -2.82.